The summed E-state index contributed by atoms with van der Waals surface area (Å²) in [5, 5.41) is 0.00119. The standard InChI is InChI=1S/C11H18O4Si/c1-11(2,3)16(4,5)15-8-6(12)9-10(14-9)7(8)13/h8-10H,1-5H3. The highest BCUT2D eigenvalue weighted by molar-refractivity contribution is 6.74. The molecule has 1 saturated carbocycles. The third-order valence-corrected chi connectivity index (χ3v) is 8.23. The number of epoxide rings is 1. The van der Waals surface area contributed by atoms with E-state index in [-0.39, 0.29) is 16.6 Å². The molecule has 0 aromatic heterocycles. The molecule has 0 spiro atoms. The summed E-state index contributed by atoms with van der Waals surface area (Å²) in [5.74, 6) is -0.361. The Hall–Kier alpha value is -0.523. The summed E-state index contributed by atoms with van der Waals surface area (Å²) in [4.78, 5) is 23.4. The van der Waals surface area contributed by atoms with E-state index in [0.717, 1.165) is 0 Å². The SMILES string of the molecule is CC(C)(C)[Si](C)(C)OC1C(=O)C2OC2C1=O. The fraction of sp³-hybridized carbons (Fsp3) is 0.818. The van der Waals surface area contributed by atoms with Crippen LogP contribution in [0.3, 0.4) is 0 Å². The van der Waals surface area contributed by atoms with E-state index in [1.807, 2.05) is 13.1 Å². The van der Waals surface area contributed by atoms with E-state index >= 15 is 0 Å². The molecule has 0 N–H and O–H groups in total. The number of fused-ring (bicyclic) bond motifs is 1. The Bertz CT molecular complexity index is 335. The number of ketones is 2. The van der Waals surface area contributed by atoms with Gasteiger partial charge in [-0.15, -0.1) is 0 Å². The number of Topliss-reactive ketones (excluding diaryl/α,β-unsaturated/α-hetero) is 2. The van der Waals surface area contributed by atoms with Gasteiger partial charge in [0.05, 0.1) is 0 Å². The molecule has 2 rings (SSSR count). The van der Waals surface area contributed by atoms with Crippen molar-refractivity contribution in [1.29, 1.82) is 0 Å². The first kappa shape index (κ1) is 11.9. The van der Waals surface area contributed by atoms with Gasteiger partial charge < -0.3 is 9.16 Å². The lowest BCUT2D eigenvalue weighted by Crippen LogP contribution is -2.48. The fourth-order valence-electron chi connectivity index (χ4n) is 1.57. The highest BCUT2D eigenvalue weighted by atomic mass is 28.4. The summed E-state index contributed by atoms with van der Waals surface area (Å²) in [6.45, 7) is 10.3. The molecule has 0 radical (unpaired) electrons. The molecule has 16 heavy (non-hydrogen) atoms. The summed E-state index contributed by atoms with van der Waals surface area (Å²) in [5.41, 5.74) is 0. The second kappa shape index (κ2) is 3.24. The van der Waals surface area contributed by atoms with Crippen LogP contribution in [0.25, 0.3) is 0 Å². The Morgan fingerprint density at radius 2 is 1.56 bits per heavy atom. The van der Waals surface area contributed by atoms with Gasteiger partial charge in [0.15, 0.2) is 38.2 Å². The van der Waals surface area contributed by atoms with Crippen LogP contribution in [0.15, 0.2) is 0 Å². The lowest BCUT2D eigenvalue weighted by molar-refractivity contribution is -0.137. The third-order valence-electron chi connectivity index (χ3n) is 3.79. The van der Waals surface area contributed by atoms with Crippen molar-refractivity contribution in [3.8, 4) is 0 Å². The zero-order chi connectivity index (χ0) is 12.3. The van der Waals surface area contributed by atoms with Gasteiger partial charge in [0, 0.05) is 0 Å². The topological polar surface area (TPSA) is 55.9 Å². The Morgan fingerprint density at radius 1 is 1.12 bits per heavy atom. The van der Waals surface area contributed by atoms with Crippen molar-refractivity contribution < 1.29 is 18.8 Å². The van der Waals surface area contributed by atoms with Gasteiger partial charge in [-0.05, 0) is 18.1 Å². The van der Waals surface area contributed by atoms with Crippen LogP contribution in [0.4, 0.5) is 0 Å². The third kappa shape index (κ3) is 1.67. The molecule has 2 unspecified atom stereocenters. The van der Waals surface area contributed by atoms with Gasteiger partial charge in [-0.1, -0.05) is 20.8 Å². The van der Waals surface area contributed by atoms with Crippen LogP contribution in [-0.4, -0.2) is 38.2 Å². The Balaban J connectivity index is 2.11. The highest BCUT2D eigenvalue weighted by Gasteiger charge is 2.63. The van der Waals surface area contributed by atoms with Crippen molar-refractivity contribution in [3.63, 3.8) is 0 Å². The monoisotopic (exact) mass is 242 g/mol. The molecular formula is C11H18O4Si. The van der Waals surface area contributed by atoms with E-state index in [2.05, 4.69) is 20.8 Å². The molecule has 1 heterocycles. The van der Waals surface area contributed by atoms with E-state index in [0.29, 0.717) is 0 Å². The first-order valence-electron chi connectivity index (χ1n) is 5.56. The zero-order valence-corrected chi connectivity index (χ0v) is 11.4. The Kier molecular flexibility index (Phi) is 2.42. The maximum Gasteiger partial charge on any atom is 0.199 e. The van der Waals surface area contributed by atoms with Gasteiger partial charge in [0.2, 0.25) is 0 Å². The molecule has 2 fully saturated rings. The van der Waals surface area contributed by atoms with Gasteiger partial charge in [-0.2, -0.15) is 0 Å². The summed E-state index contributed by atoms with van der Waals surface area (Å²) < 4.78 is 10.8. The molecule has 2 atom stereocenters. The predicted molar refractivity (Wildman–Crippen MR) is 60.7 cm³/mol. The van der Waals surface area contributed by atoms with Crippen molar-refractivity contribution in [2.45, 2.75) is 57.2 Å². The number of hydrogen-bond acceptors (Lipinski definition) is 4. The summed E-state index contributed by atoms with van der Waals surface area (Å²) in [6.07, 6.45) is -1.85. The average Bonchev–Trinajstić information content (AvgIpc) is 2.84. The lowest BCUT2D eigenvalue weighted by atomic mass is 10.2. The van der Waals surface area contributed by atoms with Gasteiger partial charge in [-0.25, -0.2) is 0 Å². The molecular weight excluding hydrogens is 224 g/mol. The summed E-state index contributed by atoms with van der Waals surface area (Å²) >= 11 is 0. The maximum atomic E-state index is 11.7. The number of carbonyl (C=O) groups excluding carboxylic acids is 2. The molecule has 0 amide bonds. The van der Waals surface area contributed by atoms with E-state index in [1.165, 1.54) is 0 Å². The minimum atomic E-state index is -2.06. The molecule has 0 bridgehead atoms. The first-order valence-corrected chi connectivity index (χ1v) is 8.47. The van der Waals surface area contributed by atoms with Gasteiger partial charge in [0.1, 0.15) is 0 Å². The van der Waals surface area contributed by atoms with Crippen LogP contribution >= 0.6 is 0 Å². The quantitative estimate of drug-likeness (QED) is 0.416. The van der Waals surface area contributed by atoms with Crippen LogP contribution in [-0.2, 0) is 18.8 Å². The second-order valence-corrected chi connectivity index (χ2v) is 10.8. The molecule has 0 aromatic rings. The minimum absolute atomic E-state index is 0.00119. The summed E-state index contributed by atoms with van der Waals surface area (Å²) in [6, 6.07) is 0. The van der Waals surface area contributed by atoms with Crippen molar-refractivity contribution in [2.24, 2.45) is 0 Å². The molecule has 1 aliphatic carbocycles. The maximum absolute atomic E-state index is 11.7. The molecule has 5 heteroatoms. The average molecular weight is 242 g/mol. The number of ether oxygens (including phenoxy) is 1. The molecule has 4 nitrogen and oxygen atoms in total. The summed E-state index contributed by atoms with van der Waals surface area (Å²) in [7, 11) is -2.06. The van der Waals surface area contributed by atoms with E-state index < -0.39 is 26.6 Å². The van der Waals surface area contributed by atoms with Crippen molar-refractivity contribution in [3.05, 3.63) is 0 Å². The minimum Gasteiger partial charge on any atom is -0.401 e. The Morgan fingerprint density at radius 3 is 1.94 bits per heavy atom. The molecule has 90 valence electrons. The fourth-order valence-corrected chi connectivity index (χ4v) is 2.75. The van der Waals surface area contributed by atoms with E-state index in [4.69, 9.17) is 9.16 Å². The van der Waals surface area contributed by atoms with Gasteiger partial charge >= 0.3 is 0 Å². The largest absolute Gasteiger partial charge is 0.401 e. The highest BCUT2D eigenvalue weighted by Crippen LogP contribution is 2.41. The van der Waals surface area contributed by atoms with Gasteiger partial charge in [0.25, 0.3) is 0 Å². The molecule has 2 aliphatic rings. The molecule has 1 aliphatic heterocycles. The first-order chi connectivity index (χ1) is 7.15. The van der Waals surface area contributed by atoms with Crippen LogP contribution in [0.2, 0.25) is 18.1 Å². The molecule has 1 saturated heterocycles. The number of hydrogen-bond donors (Lipinski definition) is 0. The lowest BCUT2D eigenvalue weighted by Gasteiger charge is -2.37. The molecule has 0 aromatic carbocycles. The van der Waals surface area contributed by atoms with Gasteiger partial charge in [-0.3, -0.25) is 9.59 Å². The Labute approximate surface area is 96.4 Å². The normalized spacial score (nSPS) is 34.2. The predicted octanol–water partition coefficient (Wildman–Crippen LogP) is 1.30. The smallest absolute Gasteiger partial charge is 0.199 e. The van der Waals surface area contributed by atoms with Crippen LogP contribution in [0.5, 0.6) is 0 Å². The second-order valence-electron chi connectivity index (χ2n) is 6.04. The number of rotatable bonds is 2. The van der Waals surface area contributed by atoms with E-state index in [9.17, 15) is 9.59 Å². The number of carbonyl (C=O) groups is 2. The van der Waals surface area contributed by atoms with Crippen LogP contribution in [0.1, 0.15) is 20.8 Å². The van der Waals surface area contributed by atoms with Crippen LogP contribution in [0, 0.1) is 0 Å². The van der Waals surface area contributed by atoms with Crippen LogP contribution < -0.4 is 0 Å². The van der Waals surface area contributed by atoms with Crippen molar-refractivity contribution in [2.75, 3.05) is 0 Å². The van der Waals surface area contributed by atoms with Crippen molar-refractivity contribution in [1.82, 2.24) is 0 Å². The van der Waals surface area contributed by atoms with E-state index in [1.54, 1.807) is 0 Å². The van der Waals surface area contributed by atoms with Crippen molar-refractivity contribution >= 4 is 19.9 Å². The zero-order valence-electron chi connectivity index (χ0n) is 10.4.